The Kier molecular flexibility index (Phi) is 36.0. The number of nitrogens with zero attached hydrogens (tertiary/aromatic N) is 3. The Labute approximate surface area is 238 Å². The second kappa shape index (κ2) is 29.6. The predicted octanol–water partition coefficient (Wildman–Crippen LogP) is 1.54. The number of hydrogen-bond donors (Lipinski definition) is 0. The van der Waals surface area contributed by atoms with Crippen LogP contribution in [0.2, 0.25) is 0 Å². The van der Waals surface area contributed by atoms with Gasteiger partial charge in [-0.15, -0.1) is 0 Å². The van der Waals surface area contributed by atoms with Crippen molar-refractivity contribution in [3.63, 3.8) is 0 Å². The highest BCUT2D eigenvalue weighted by atomic mass is 19.3. The fourth-order valence-electron chi connectivity index (χ4n) is 4.09. The lowest BCUT2D eigenvalue weighted by atomic mass is 10.3. The van der Waals surface area contributed by atoms with Gasteiger partial charge in [-0.25, -0.2) is 19.5 Å². The summed E-state index contributed by atoms with van der Waals surface area (Å²) in [5.41, 5.74) is 0. The molecule has 0 saturated carbocycles. The average Bonchev–Trinajstić information content (AvgIpc) is 2.97. The van der Waals surface area contributed by atoms with Crippen molar-refractivity contribution in [1.82, 2.24) is 0 Å². The fraction of sp³-hybridized carbons (Fsp3) is 0.923. The molecular weight excluding hydrogens is 515 g/mol. The second-order valence-corrected chi connectivity index (χ2v) is 8.84. The van der Waals surface area contributed by atoms with Crippen LogP contribution in [0.1, 0.15) is 83.1 Å². The molecular formula is C26H60BF2N3O7. The molecule has 13 heteroatoms. The Morgan fingerprint density at radius 3 is 0.590 bits per heavy atom. The van der Waals surface area contributed by atoms with Gasteiger partial charge in [0.15, 0.2) is 0 Å². The van der Waals surface area contributed by atoms with Crippen LogP contribution >= 0.6 is 0 Å². The molecule has 0 aromatic heterocycles. The molecule has 0 unspecified atom stereocenters. The summed E-state index contributed by atoms with van der Waals surface area (Å²) < 4.78 is 24.8. The highest BCUT2D eigenvalue weighted by molar-refractivity contribution is 6.29. The third-order valence-electron chi connectivity index (χ3n) is 8.36. The lowest BCUT2D eigenvalue weighted by molar-refractivity contribution is -0.921. The molecule has 0 radical (unpaired) electrons. The standard InChI is InChI=1S/3C8H20N.C2F2O4.BO3/c3*1-5-9(6-2,7-3)8-4;3-7-1(5)2(6)8-4;2-1(3)4/h3*5-8H2,1-4H3;;/q3*+1;;-3. The van der Waals surface area contributed by atoms with Gasteiger partial charge in [-0.05, 0) is 83.1 Å². The summed E-state index contributed by atoms with van der Waals surface area (Å²) >= 11 is 0. The molecule has 0 aromatic rings. The predicted molar refractivity (Wildman–Crippen MR) is 147 cm³/mol. The van der Waals surface area contributed by atoms with Crippen molar-refractivity contribution in [2.24, 2.45) is 0 Å². The second-order valence-electron chi connectivity index (χ2n) is 8.84. The van der Waals surface area contributed by atoms with Crippen LogP contribution in [-0.2, 0) is 19.5 Å². The summed E-state index contributed by atoms with van der Waals surface area (Å²) in [6, 6.07) is 0. The van der Waals surface area contributed by atoms with Crippen molar-refractivity contribution in [2.75, 3.05) is 78.5 Å². The van der Waals surface area contributed by atoms with E-state index in [1.54, 1.807) is 0 Å². The largest absolute Gasteiger partial charge is 0.907 e. The topological polar surface area (TPSA) is 122 Å². The first-order chi connectivity index (χ1) is 18.2. The maximum atomic E-state index is 10.5. The van der Waals surface area contributed by atoms with Gasteiger partial charge < -0.3 is 28.5 Å². The van der Waals surface area contributed by atoms with Crippen molar-refractivity contribution in [3.8, 4) is 0 Å². The fourth-order valence-corrected chi connectivity index (χ4v) is 4.09. The van der Waals surface area contributed by atoms with Crippen LogP contribution in [-0.4, -0.2) is 111 Å². The molecule has 0 fully saturated rings. The van der Waals surface area contributed by atoms with Gasteiger partial charge in [0.05, 0.1) is 78.5 Å². The molecule has 0 aliphatic heterocycles. The van der Waals surface area contributed by atoms with Crippen LogP contribution < -0.4 is 15.1 Å². The Bertz CT molecular complexity index is 435. The van der Waals surface area contributed by atoms with Gasteiger partial charge >= 0.3 is 11.9 Å². The SMILES string of the molecule is CC[N+](CC)(CC)CC.CC[N+](CC)(CC)CC.CC[N+](CC)(CC)CC.O=C(OF)C(=O)OF.[O-]B([O-])[O-]. The number of halogens is 2. The molecule has 238 valence electrons. The van der Waals surface area contributed by atoms with Crippen molar-refractivity contribution >= 4 is 19.3 Å². The molecule has 0 aromatic carbocycles. The first-order valence-electron chi connectivity index (χ1n) is 14.4. The number of hydrogen-bond acceptors (Lipinski definition) is 7. The van der Waals surface area contributed by atoms with E-state index < -0.39 is 19.3 Å². The zero-order chi connectivity index (χ0) is 32.1. The molecule has 0 aliphatic rings. The Morgan fingerprint density at radius 2 is 0.564 bits per heavy atom. The molecule has 0 heterocycles. The van der Waals surface area contributed by atoms with Crippen LogP contribution in [0.15, 0.2) is 0 Å². The summed E-state index contributed by atoms with van der Waals surface area (Å²) in [5.74, 6) is -4.04. The van der Waals surface area contributed by atoms with E-state index in [9.17, 15) is 18.6 Å². The van der Waals surface area contributed by atoms with E-state index in [4.69, 9.17) is 15.1 Å². The molecule has 0 amide bonds. The van der Waals surface area contributed by atoms with Gasteiger partial charge in [0, 0.05) is 9.05 Å². The average molecular weight is 576 g/mol. The van der Waals surface area contributed by atoms with E-state index in [1.807, 2.05) is 0 Å². The lowest BCUT2D eigenvalue weighted by Gasteiger charge is -2.35. The number of carbonyl (C=O) groups excluding carboxylic acids is 2. The van der Waals surface area contributed by atoms with Gasteiger partial charge in [-0.1, -0.05) is 0 Å². The molecule has 39 heavy (non-hydrogen) atoms. The highest BCUT2D eigenvalue weighted by Crippen LogP contribution is 2.04. The lowest BCUT2D eigenvalue weighted by Crippen LogP contribution is -2.56. The van der Waals surface area contributed by atoms with Gasteiger partial charge in [0.1, 0.15) is 0 Å². The summed E-state index contributed by atoms with van der Waals surface area (Å²) in [6.45, 7) is 42.7. The van der Waals surface area contributed by atoms with E-state index in [2.05, 4.69) is 93.0 Å². The maximum absolute atomic E-state index is 10.5. The van der Waals surface area contributed by atoms with E-state index in [0.717, 1.165) is 0 Å². The molecule has 0 spiro atoms. The third-order valence-corrected chi connectivity index (χ3v) is 8.36. The Morgan fingerprint density at radius 1 is 0.462 bits per heavy atom. The zero-order valence-corrected chi connectivity index (χ0v) is 27.0. The molecule has 10 nitrogen and oxygen atoms in total. The van der Waals surface area contributed by atoms with Crippen LogP contribution in [0.3, 0.4) is 0 Å². The minimum absolute atomic E-state index is 1.28. The summed E-state index contributed by atoms with van der Waals surface area (Å²) in [4.78, 5) is 23.4. The van der Waals surface area contributed by atoms with Crippen LogP contribution in [0.4, 0.5) is 9.05 Å². The molecule has 0 N–H and O–H groups in total. The van der Waals surface area contributed by atoms with Crippen molar-refractivity contribution in [3.05, 3.63) is 0 Å². The first kappa shape index (κ1) is 47.4. The molecule has 0 aliphatic carbocycles. The number of quaternary nitrogens is 3. The Hall–Kier alpha value is -1.38. The molecule has 0 bridgehead atoms. The van der Waals surface area contributed by atoms with Crippen molar-refractivity contribution in [2.45, 2.75) is 83.1 Å². The first-order valence-corrected chi connectivity index (χ1v) is 14.4. The minimum Gasteiger partial charge on any atom is -0.907 e. The third kappa shape index (κ3) is 24.2. The Balaban J connectivity index is -0.000000126. The monoisotopic (exact) mass is 575 g/mol. The number of carbonyl (C=O) groups is 2. The van der Waals surface area contributed by atoms with Crippen molar-refractivity contribution < 1.29 is 57.0 Å². The van der Waals surface area contributed by atoms with Gasteiger partial charge in [0.25, 0.3) is 0 Å². The molecule has 0 saturated heterocycles. The quantitative estimate of drug-likeness (QED) is 0.197. The van der Waals surface area contributed by atoms with Crippen LogP contribution in [0.5, 0.6) is 0 Å². The molecule has 0 rings (SSSR count). The van der Waals surface area contributed by atoms with Gasteiger partial charge in [-0.3, -0.25) is 7.32 Å². The smallest absolute Gasteiger partial charge is 0.459 e. The maximum Gasteiger partial charge on any atom is 0.459 e. The van der Waals surface area contributed by atoms with Gasteiger partial charge in [0.2, 0.25) is 0 Å². The van der Waals surface area contributed by atoms with Gasteiger partial charge in [-0.2, -0.15) is 0 Å². The summed E-state index contributed by atoms with van der Waals surface area (Å²) in [6.07, 6.45) is 0. The van der Waals surface area contributed by atoms with E-state index in [-0.39, 0.29) is 0 Å². The minimum atomic E-state index is -2.92. The molecule has 0 atom stereocenters. The zero-order valence-electron chi connectivity index (χ0n) is 27.0. The summed E-state index contributed by atoms with van der Waals surface area (Å²) in [7, 11) is -2.92. The van der Waals surface area contributed by atoms with E-state index in [0.29, 0.717) is 0 Å². The van der Waals surface area contributed by atoms with Crippen LogP contribution in [0, 0.1) is 0 Å². The van der Waals surface area contributed by atoms with Crippen molar-refractivity contribution in [1.29, 1.82) is 0 Å². The summed E-state index contributed by atoms with van der Waals surface area (Å²) in [5, 5.41) is 25.2. The van der Waals surface area contributed by atoms with E-state index >= 15 is 0 Å². The normalized spacial score (nSPS) is 10.6. The van der Waals surface area contributed by atoms with Crippen LogP contribution in [0.25, 0.3) is 0 Å². The van der Waals surface area contributed by atoms with E-state index in [1.165, 1.54) is 92.0 Å². The number of rotatable bonds is 12. The highest BCUT2D eigenvalue weighted by Gasteiger charge is 2.19.